The molecule has 0 bridgehead atoms. The number of nitrogens with zero attached hydrogens (tertiary/aromatic N) is 6. The molecule has 1 aromatic heterocycles. The van der Waals surface area contributed by atoms with Crippen molar-refractivity contribution in [1.82, 2.24) is 14.8 Å². The first-order valence-corrected chi connectivity index (χ1v) is 7.26. The van der Waals surface area contributed by atoms with E-state index in [1.807, 2.05) is 11.6 Å². The lowest BCUT2D eigenvalue weighted by Gasteiger charge is -2.34. The van der Waals surface area contributed by atoms with Gasteiger partial charge in [-0.3, -0.25) is 0 Å². The monoisotopic (exact) mass is 292 g/mol. The molecule has 1 saturated heterocycles. The summed E-state index contributed by atoms with van der Waals surface area (Å²) in [6.45, 7) is 1.60. The summed E-state index contributed by atoms with van der Waals surface area (Å²) in [5, 5.41) is 26.9. The number of para-hydroxylation sites is 1. The standard InChI is InChI=1S/C16H16N6/c1-21-11-19-20-16(21)14-6-3-7-22(10-14)15-12(8-17)4-2-5-13(15)9-18/h2,4-5,11,14H,3,6-7,10H2,1H3. The first-order valence-electron chi connectivity index (χ1n) is 7.26. The molecule has 1 aliphatic heterocycles. The zero-order valence-electron chi connectivity index (χ0n) is 12.4. The van der Waals surface area contributed by atoms with Crippen LogP contribution in [0.15, 0.2) is 24.5 Å². The molecule has 6 heteroatoms. The summed E-state index contributed by atoms with van der Waals surface area (Å²) in [4.78, 5) is 2.14. The van der Waals surface area contributed by atoms with Crippen LogP contribution in [0.5, 0.6) is 0 Å². The fraction of sp³-hybridized carbons (Fsp3) is 0.375. The predicted molar refractivity (Wildman–Crippen MR) is 81.1 cm³/mol. The zero-order chi connectivity index (χ0) is 15.5. The summed E-state index contributed by atoms with van der Waals surface area (Å²) in [7, 11) is 1.94. The second-order valence-electron chi connectivity index (χ2n) is 5.51. The van der Waals surface area contributed by atoms with E-state index < -0.39 is 0 Å². The van der Waals surface area contributed by atoms with Gasteiger partial charge in [0.05, 0.1) is 16.8 Å². The van der Waals surface area contributed by atoms with Crippen molar-refractivity contribution in [1.29, 1.82) is 10.5 Å². The van der Waals surface area contributed by atoms with Gasteiger partial charge in [0.15, 0.2) is 0 Å². The summed E-state index contributed by atoms with van der Waals surface area (Å²) < 4.78 is 1.94. The molecule has 0 radical (unpaired) electrons. The Morgan fingerprint density at radius 3 is 2.55 bits per heavy atom. The Morgan fingerprint density at radius 1 is 1.23 bits per heavy atom. The van der Waals surface area contributed by atoms with Gasteiger partial charge in [0.1, 0.15) is 24.3 Å². The first kappa shape index (κ1) is 14.1. The molecular weight excluding hydrogens is 276 g/mol. The Balaban J connectivity index is 1.95. The van der Waals surface area contributed by atoms with Crippen LogP contribution in [0, 0.1) is 22.7 Å². The summed E-state index contributed by atoms with van der Waals surface area (Å²) in [5.41, 5.74) is 1.86. The minimum atomic E-state index is 0.263. The highest BCUT2D eigenvalue weighted by molar-refractivity contribution is 5.68. The molecule has 2 heterocycles. The third-order valence-electron chi connectivity index (χ3n) is 4.13. The highest BCUT2D eigenvalue weighted by Crippen LogP contribution is 2.32. The highest BCUT2D eigenvalue weighted by Gasteiger charge is 2.27. The van der Waals surface area contributed by atoms with E-state index in [1.54, 1.807) is 24.5 Å². The number of anilines is 1. The van der Waals surface area contributed by atoms with Crippen molar-refractivity contribution in [3.05, 3.63) is 41.5 Å². The largest absolute Gasteiger partial charge is 0.369 e. The normalized spacial score (nSPS) is 17.8. The maximum Gasteiger partial charge on any atom is 0.137 e. The third-order valence-corrected chi connectivity index (χ3v) is 4.13. The van der Waals surface area contributed by atoms with E-state index in [4.69, 9.17) is 0 Å². The van der Waals surface area contributed by atoms with Gasteiger partial charge in [0.2, 0.25) is 0 Å². The summed E-state index contributed by atoms with van der Waals surface area (Å²) in [6, 6.07) is 9.69. The quantitative estimate of drug-likeness (QED) is 0.845. The lowest BCUT2D eigenvalue weighted by atomic mass is 9.95. The lowest BCUT2D eigenvalue weighted by Crippen LogP contribution is -2.36. The average molecular weight is 292 g/mol. The van der Waals surface area contributed by atoms with Crippen LogP contribution < -0.4 is 4.90 Å². The molecule has 3 rings (SSSR count). The Labute approximate surface area is 129 Å². The molecule has 22 heavy (non-hydrogen) atoms. The third kappa shape index (κ3) is 2.40. The molecule has 1 fully saturated rings. The van der Waals surface area contributed by atoms with Gasteiger partial charge in [-0.25, -0.2) is 0 Å². The topological polar surface area (TPSA) is 81.5 Å². The second-order valence-corrected chi connectivity index (χ2v) is 5.51. The molecular formula is C16H16N6. The molecule has 110 valence electrons. The number of rotatable bonds is 2. The highest BCUT2D eigenvalue weighted by atomic mass is 15.3. The number of hydrogen-bond donors (Lipinski definition) is 0. The van der Waals surface area contributed by atoms with Crippen molar-refractivity contribution in [2.75, 3.05) is 18.0 Å². The number of hydrogen-bond acceptors (Lipinski definition) is 5. The van der Waals surface area contributed by atoms with Gasteiger partial charge in [-0.15, -0.1) is 10.2 Å². The van der Waals surface area contributed by atoms with Gasteiger partial charge in [-0.2, -0.15) is 10.5 Å². The van der Waals surface area contributed by atoms with Crippen molar-refractivity contribution in [3.63, 3.8) is 0 Å². The van der Waals surface area contributed by atoms with E-state index in [2.05, 4.69) is 27.2 Å². The molecule has 1 aliphatic rings. The Hall–Kier alpha value is -2.86. The zero-order valence-corrected chi connectivity index (χ0v) is 12.4. The fourth-order valence-electron chi connectivity index (χ4n) is 3.12. The van der Waals surface area contributed by atoms with E-state index in [0.717, 1.165) is 37.4 Å². The van der Waals surface area contributed by atoms with Crippen molar-refractivity contribution in [2.45, 2.75) is 18.8 Å². The minimum absolute atomic E-state index is 0.263. The van der Waals surface area contributed by atoms with Crippen molar-refractivity contribution < 1.29 is 0 Å². The smallest absolute Gasteiger partial charge is 0.137 e. The van der Waals surface area contributed by atoms with Gasteiger partial charge < -0.3 is 9.47 Å². The van der Waals surface area contributed by atoms with E-state index in [-0.39, 0.29) is 5.92 Å². The molecule has 6 nitrogen and oxygen atoms in total. The van der Waals surface area contributed by atoms with Gasteiger partial charge >= 0.3 is 0 Å². The molecule has 0 saturated carbocycles. The van der Waals surface area contributed by atoms with E-state index in [9.17, 15) is 10.5 Å². The van der Waals surface area contributed by atoms with Crippen molar-refractivity contribution in [3.8, 4) is 12.1 Å². The molecule has 0 spiro atoms. The van der Waals surface area contributed by atoms with Crippen LogP contribution in [0.25, 0.3) is 0 Å². The van der Waals surface area contributed by atoms with Crippen molar-refractivity contribution >= 4 is 5.69 Å². The Kier molecular flexibility index (Phi) is 3.76. The van der Waals surface area contributed by atoms with Gasteiger partial charge in [-0.05, 0) is 25.0 Å². The van der Waals surface area contributed by atoms with Crippen LogP contribution in [-0.4, -0.2) is 27.9 Å². The first-order chi connectivity index (χ1) is 10.7. The Bertz CT molecular complexity index is 731. The summed E-state index contributed by atoms with van der Waals surface area (Å²) in [6.07, 6.45) is 3.75. The van der Waals surface area contributed by atoms with Crippen LogP contribution in [0.1, 0.15) is 35.7 Å². The maximum absolute atomic E-state index is 9.35. The molecule has 0 N–H and O–H groups in total. The molecule has 0 aliphatic carbocycles. The molecule has 1 atom stereocenters. The molecule has 1 unspecified atom stereocenters. The number of aryl methyl sites for hydroxylation is 1. The Morgan fingerprint density at radius 2 is 1.95 bits per heavy atom. The van der Waals surface area contributed by atoms with Crippen LogP contribution in [0.4, 0.5) is 5.69 Å². The maximum atomic E-state index is 9.35. The SMILES string of the molecule is Cn1cnnc1C1CCCN(c2c(C#N)cccc2C#N)C1. The van der Waals surface area contributed by atoms with Gasteiger partial charge in [-0.1, -0.05) is 6.07 Å². The van der Waals surface area contributed by atoms with Crippen LogP contribution in [0.3, 0.4) is 0 Å². The number of piperidine rings is 1. The second kappa shape index (κ2) is 5.87. The number of benzene rings is 1. The summed E-state index contributed by atoms with van der Waals surface area (Å²) >= 11 is 0. The molecule has 0 amide bonds. The minimum Gasteiger partial charge on any atom is -0.369 e. The van der Waals surface area contributed by atoms with E-state index >= 15 is 0 Å². The van der Waals surface area contributed by atoms with E-state index in [0.29, 0.717) is 11.1 Å². The van der Waals surface area contributed by atoms with Crippen molar-refractivity contribution in [2.24, 2.45) is 7.05 Å². The summed E-state index contributed by atoms with van der Waals surface area (Å²) in [5.74, 6) is 1.22. The van der Waals surface area contributed by atoms with Crippen LogP contribution in [-0.2, 0) is 7.05 Å². The van der Waals surface area contributed by atoms with E-state index in [1.165, 1.54) is 0 Å². The van der Waals surface area contributed by atoms with Crippen LogP contribution >= 0.6 is 0 Å². The van der Waals surface area contributed by atoms with Crippen LogP contribution in [0.2, 0.25) is 0 Å². The number of nitriles is 2. The predicted octanol–water partition coefficient (Wildman–Crippen LogP) is 1.94. The van der Waals surface area contributed by atoms with Gasteiger partial charge in [0.25, 0.3) is 0 Å². The fourth-order valence-corrected chi connectivity index (χ4v) is 3.12. The lowest BCUT2D eigenvalue weighted by molar-refractivity contribution is 0.480. The molecule has 1 aromatic carbocycles. The number of aromatic nitrogens is 3. The average Bonchev–Trinajstić information content (AvgIpc) is 3.00. The van der Waals surface area contributed by atoms with Gasteiger partial charge in [0, 0.05) is 26.1 Å². The molecule has 2 aromatic rings.